The van der Waals surface area contributed by atoms with Gasteiger partial charge in [0.1, 0.15) is 5.75 Å². The molecule has 0 bridgehead atoms. The van der Waals surface area contributed by atoms with Crippen LogP contribution in [0.2, 0.25) is 0 Å². The van der Waals surface area contributed by atoms with Crippen molar-refractivity contribution < 1.29 is 19.4 Å². The van der Waals surface area contributed by atoms with Crippen LogP contribution in [0.1, 0.15) is 31.1 Å². The molecule has 0 aliphatic carbocycles. The van der Waals surface area contributed by atoms with Crippen LogP contribution >= 0.6 is 0 Å². The molecule has 0 fully saturated rings. The van der Waals surface area contributed by atoms with Crippen LogP contribution in [0.3, 0.4) is 0 Å². The van der Waals surface area contributed by atoms with E-state index in [0.29, 0.717) is 12.3 Å². The van der Waals surface area contributed by atoms with Gasteiger partial charge in [-0.25, -0.2) is 9.59 Å². The molecule has 0 saturated carbocycles. The van der Waals surface area contributed by atoms with Crippen molar-refractivity contribution in [2.75, 3.05) is 19.0 Å². The first-order chi connectivity index (χ1) is 9.23. The largest absolute Gasteiger partial charge is 0.497 e. The Morgan fingerprint density at radius 2 is 1.95 bits per heavy atom. The second-order valence-corrected chi connectivity index (χ2v) is 5.59. The van der Waals surface area contributed by atoms with Gasteiger partial charge in [0.05, 0.1) is 18.4 Å². The number of methoxy groups -OCH3 is 1. The molecule has 0 heterocycles. The number of benzene rings is 1. The third kappa shape index (κ3) is 4.79. The number of carbonyl (C=O) groups excluding carboxylic acids is 1. The molecule has 110 valence electrons. The summed E-state index contributed by atoms with van der Waals surface area (Å²) >= 11 is 0. The van der Waals surface area contributed by atoms with Gasteiger partial charge in [0.15, 0.2) is 0 Å². The molecule has 0 spiro atoms. The summed E-state index contributed by atoms with van der Waals surface area (Å²) in [6.45, 7) is 6.44. The average Bonchev–Trinajstić information content (AvgIpc) is 2.35. The summed E-state index contributed by atoms with van der Waals surface area (Å²) in [7, 11) is 1.47. The first-order valence-electron chi connectivity index (χ1n) is 6.19. The highest BCUT2D eigenvalue weighted by Gasteiger charge is 2.15. The molecule has 1 aromatic rings. The standard InChI is InChI=1S/C14H20N2O4/c1-14(2,3)8-15-13(19)16-11-7-9(20-4)5-6-10(11)12(17)18/h5-7H,8H2,1-4H3,(H,17,18)(H2,15,16,19). The van der Waals surface area contributed by atoms with Gasteiger partial charge in [0.25, 0.3) is 0 Å². The van der Waals surface area contributed by atoms with E-state index in [1.807, 2.05) is 20.8 Å². The molecular formula is C14H20N2O4. The molecule has 6 nitrogen and oxygen atoms in total. The number of anilines is 1. The molecule has 0 aliphatic heterocycles. The Balaban J connectivity index is 2.84. The lowest BCUT2D eigenvalue weighted by Gasteiger charge is -2.19. The van der Waals surface area contributed by atoms with E-state index in [1.54, 1.807) is 0 Å². The van der Waals surface area contributed by atoms with Gasteiger partial charge < -0.3 is 20.5 Å². The number of rotatable bonds is 4. The lowest BCUT2D eigenvalue weighted by Crippen LogP contribution is -2.35. The molecule has 0 unspecified atom stereocenters. The van der Waals surface area contributed by atoms with E-state index in [-0.39, 0.29) is 16.7 Å². The van der Waals surface area contributed by atoms with Crippen LogP contribution in [0.4, 0.5) is 10.5 Å². The van der Waals surface area contributed by atoms with Gasteiger partial charge in [-0.3, -0.25) is 0 Å². The predicted molar refractivity (Wildman–Crippen MR) is 76.4 cm³/mol. The molecule has 2 amide bonds. The van der Waals surface area contributed by atoms with E-state index >= 15 is 0 Å². The van der Waals surface area contributed by atoms with Crippen molar-refractivity contribution in [2.24, 2.45) is 5.41 Å². The van der Waals surface area contributed by atoms with E-state index in [2.05, 4.69) is 10.6 Å². The van der Waals surface area contributed by atoms with Gasteiger partial charge in [-0.2, -0.15) is 0 Å². The SMILES string of the molecule is COc1ccc(C(=O)O)c(NC(=O)NCC(C)(C)C)c1. The molecule has 6 heteroatoms. The summed E-state index contributed by atoms with van der Waals surface area (Å²) in [5.41, 5.74) is 0.154. The molecule has 0 saturated heterocycles. The highest BCUT2D eigenvalue weighted by atomic mass is 16.5. The topological polar surface area (TPSA) is 87.7 Å². The fourth-order valence-corrected chi connectivity index (χ4v) is 1.45. The van der Waals surface area contributed by atoms with Crippen LogP contribution in [0.15, 0.2) is 18.2 Å². The van der Waals surface area contributed by atoms with Crippen molar-refractivity contribution >= 4 is 17.7 Å². The summed E-state index contributed by atoms with van der Waals surface area (Å²) in [6.07, 6.45) is 0. The zero-order valence-corrected chi connectivity index (χ0v) is 12.1. The van der Waals surface area contributed by atoms with Crippen LogP contribution < -0.4 is 15.4 Å². The lowest BCUT2D eigenvalue weighted by molar-refractivity contribution is 0.0698. The van der Waals surface area contributed by atoms with Gasteiger partial charge in [-0.15, -0.1) is 0 Å². The van der Waals surface area contributed by atoms with Crippen molar-refractivity contribution in [1.29, 1.82) is 0 Å². The molecule has 20 heavy (non-hydrogen) atoms. The minimum atomic E-state index is -1.11. The highest BCUT2D eigenvalue weighted by Crippen LogP contribution is 2.22. The summed E-state index contributed by atoms with van der Waals surface area (Å²) in [6, 6.07) is 3.94. The van der Waals surface area contributed by atoms with Crippen LogP contribution in [-0.4, -0.2) is 30.8 Å². The minimum Gasteiger partial charge on any atom is -0.497 e. The van der Waals surface area contributed by atoms with E-state index in [9.17, 15) is 9.59 Å². The Morgan fingerprint density at radius 3 is 2.45 bits per heavy atom. The zero-order valence-electron chi connectivity index (χ0n) is 12.1. The lowest BCUT2D eigenvalue weighted by atomic mass is 9.97. The average molecular weight is 280 g/mol. The van der Waals surface area contributed by atoms with Gasteiger partial charge in [0, 0.05) is 12.6 Å². The number of aromatic carboxylic acids is 1. The monoisotopic (exact) mass is 280 g/mol. The van der Waals surface area contributed by atoms with Crippen molar-refractivity contribution in [3.05, 3.63) is 23.8 Å². The second kappa shape index (κ2) is 6.27. The maximum Gasteiger partial charge on any atom is 0.337 e. The number of urea groups is 1. The van der Waals surface area contributed by atoms with Crippen LogP contribution in [0.5, 0.6) is 5.75 Å². The van der Waals surface area contributed by atoms with Gasteiger partial charge in [-0.05, 0) is 17.5 Å². The Bertz CT molecular complexity index is 506. The summed E-state index contributed by atoms with van der Waals surface area (Å²) in [4.78, 5) is 22.9. The van der Waals surface area contributed by atoms with E-state index in [0.717, 1.165) is 0 Å². The van der Waals surface area contributed by atoms with E-state index < -0.39 is 12.0 Å². The van der Waals surface area contributed by atoms with Gasteiger partial charge in [0.2, 0.25) is 0 Å². The Morgan fingerprint density at radius 1 is 1.30 bits per heavy atom. The number of nitrogens with one attached hydrogen (secondary N) is 2. The van der Waals surface area contributed by atoms with Gasteiger partial charge >= 0.3 is 12.0 Å². The third-order valence-electron chi connectivity index (χ3n) is 2.48. The quantitative estimate of drug-likeness (QED) is 0.791. The van der Waals surface area contributed by atoms with Crippen molar-refractivity contribution in [1.82, 2.24) is 5.32 Å². The molecule has 1 rings (SSSR count). The number of ether oxygens (including phenoxy) is 1. The minimum absolute atomic E-state index is 0.0108. The number of carboxylic acid groups (broad SMARTS) is 1. The zero-order chi connectivity index (χ0) is 15.3. The molecule has 0 aliphatic rings. The molecular weight excluding hydrogens is 260 g/mol. The van der Waals surface area contributed by atoms with E-state index in [1.165, 1.54) is 25.3 Å². The van der Waals surface area contributed by atoms with Crippen LogP contribution in [0.25, 0.3) is 0 Å². The molecule has 3 N–H and O–H groups in total. The fourth-order valence-electron chi connectivity index (χ4n) is 1.45. The molecule has 0 radical (unpaired) electrons. The van der Waals surface area contributed by atoms with E-state index in [4.69, 9.17) is 9.84 Å². The van der Waals surface area contributed by atoms with Crippen LogP contribution in [0, 0.1) is 5.41 Å². The Kier molecular flexibility index (Phi) is 4.96. The van der Waals surface area contributed by atoms with Crippen molar-refractivity contribution in [3.63, 3.8) is 0 Å². The Hall–Kier alpha value is -2.24. The number of hydrogen-bond acceptors (Lipinski definition) is 3. The molecule has 0 atom stereocenters. The Labute approximate surface area is 118 Å². The first kappa shape index (κ1) is 15.8. The number of carbonyl (C=O) groups is 2. The number of amides is 2. The maximum absolute atomic E-state index is 11.8. The maximum atomic E-state index is 11.8. The second-order valence-electron chi connectivity index (χ2n) is 5.59. The highest BCUT2D eigenvalue weighted by molar-refractivity contribution is 6.00. The number of hydrogen-bond donors (Lipinski definition) is 3. The molecule has 0 aromatic heterocycles. The van der Waals surface area contributed by atoms with Crippen molar-refractivity contribution in [3.8, 4) is 5.75 Å². The van der Waals surface area contributed by atoms with Crippen molar-refractivity contribution in [2.45, 2.75) is 20.8 Å². The molecule has 1 aromatic carbocycles. The summed E-state index contributed by atoms with van der Waals surface area (Å²) in [5.74, 6) is -0.639. The normalized spacial score (nSPS) is 10.8. The van der Waals surface area contributed by atoms with Crippen LogP contribution in [-0.2, 0) is 0 Å². The van der Waals surface area contributed by atoms with Gasteiger partial charge in [-0.1, -0.05) is 20.8 Å². The predicted octanol–water partition coefficient (Wildman–Crippen LogP) is 2.56. The summed E-state index contributed by atoms with van der Waals surface area (Å²) in [5, 5.41) is 14.3. The summed E-state index contributed by atoms with van der Waals surface area (Å²) < 4.78 is 5.02. The first-order valence-corrected chi connectivity index (χ1v) is 6.19. The number of carboxylic acids is 1. The smallest absolute Gasteiger partial charge is 0.337 e. The fraction of sp³-hybridized carbons (Fsp3) is 0.429. The third-order valence-corrected chi connectivity index (χ3v) is 2.48.